The maximum absolute atomic E-state index is 13.0. The number of ether oxygens (including phenoxy) is 1. The van der Waals surface area contributed by atoms with Crippen LogP contribution in [0.25, 0.3) is 0 Å². The molecule has 1 fully saturated rings. The van der Waals surface area contributed by atoms with E-state index in [9.17, 15) is 9.59 Å². The van der Waals surface area contributed by atoms with Crippen LogP contribution in [0.3, 0.4) is 0 Å². The summed E-state index contributed by atoms with van der Waals surface area (Å²) < 4.78 is 9.36. The summed E-state index contributed by atoms with van der Waals surface area (Å²) in [7, 11) is 0. The topological polar surface area (TPSA) is 81.4 Å². The maximum atomic E-state index is 13.0. The first-order valence-electron chi connectivity index (χ1n) is 11.3. The molecule has 3 aromatic rings. The van der Waals surface area contributed by atoms with E-state index in [0.717, 1.165) is 24.1 Å². The third-order valence-corrected chi connectivity index (χ3v) is 5.64. The Morgan fingerprint density at radius 1 is 1.06 bits per heavy atom. The molecule has 4 rings (SSSR count). The summed E-state index contributed by atoms with van der Waals surface area (Å²) in [5.41, 5.74) is 1.97. The van der Waals surface area contributed by atoms with Gasteiger partial charge in [0.1, 0.15) is 11.3 Å². The van der Waals surface area contributed by atoms with Crippen molar-refractivity contribution in [3.05, 3.63) is 72.3 Å². The predicted octanol–water partition coefficient (Wildman–Crippen LogP) is 4.56. The van der Waals surface area contributed by atoms with Gasteiger partial charge < -0.3 is 19.5 Å². The number of nitrogens with zero attached hydrogens (tertiary/aromatic N) is 4. The van der Waals surface area contributed by atoms with Gasteiger partial charge in [0.05, 0.1) is 6.54 Å². The normalized spacial score (nSPS) is 14.8. The van der Waals surface area contributed by atoms with Crippen LogP contribution in [0.4, 0.5) is 10.5 Å². The second kappa shape index (κ2) is 9.52. The van der Waals surface area contributed by atoms with Gasteiger partial charge >= 0.3 is 6.09 Å². The first kappa shape index (κ1) is 22.6. The number of likely N-dealkylation sites (tertiary alicyclic amines) is 1. The Bertz CT molecular complexity index is 1070. The molecule has 1 aliphatic heterocycles. The van der Waals surface area contributed by atoms with Gasteiger partial charge in [0.15, 0.2) is 0 Å². The van der Waals surface area contributed by atoms with Crippen molar-refractivity contribution < 1.29 is 14.3 Å². The second-order valence-electron chi connectivity index (χ2n) is 9.35. The van der Waals surface area contributed by atoms with Crippen LogP contribution < -0.4 is 5.32 Å². The molecule has 1 aromatic carbocycles. The molecule has 0 atom stereocenters. The van der Waals surface area contributed by atoms with Crippen LogP contribution in [0.2, 0.25) is 0 Å². The van der Waals surface area contributed by atoms with Gasteiger partial charge in [-0.1, -0.05) is 12.1 Å². The zero-order valence-corrected chi connectivity index (χ0v) is 19.4. The Kier molecular flexibility index (Phi) is 6.53. The fourth-order valence-corrected chi connectivity index (χ4v) is 4.03. The van der Waals surface area contributed by atoms with Crippen molar-refractivity contribution in [2.45, 2.75) is 51.8 Å². The largest absolute Gasteiger partial charge is 0.444 e. The number of amides is 2. The lowest BCUT2D eigenvalue weighted by Gasteiger charge is -2.34. The van der Waals surface area contributed by atoms with Gasteiger partial charge in [-0.05, 0) is 69.5 Å². The lowest BCUT2D eigenvalue weighted by molar-refractivity contribution is 0.0187. The quantitative estimate of drug-likeness (QED) is 0.619. The smallest absolute Gasteiger partial charge is 0.410 e. The Morgan fingerprint density at radius 3 is 2.42 bits per heavy atom. The van der Waals surface area contributed by atoms with Gasteiger partial charge in [0.25, 0.3) is 5.91 Å². The van der Waals surface area contributed by atoms with Crippen molar-refractivity contribution in [1.29, 1.82) is 0 Å². The number of piperidine rings is 1. The number of hydrogen-bond donors (Lipinski definition) is 1. The molecule has 0 unspecified atom stereocenters. The minimum absolute atomic E-state index is 0.144. The van der Waals surface area contributed by atoms with Gasteiger partial charge in [-0.3, -0.25) is 9.48 Å². The molecule has 0 bridgehead atoms. The van der Waals surface area contributed by atoms with Gasteiger partial charge in [-0.2, -0.15) is 5.10 Å². The van der Waals surface area contributed by atoms with Crippen LogP contribution >= 0.6 is 0 Å². The number of anilines is 1. The summed E-state index contributed by atoms with van der Waals surface area (Å²) in [6.45, 7) is 7.51. The molecule has 8 heteroatoms. The molecule has 3 heterocycles. The summed E-state index contributed by atoms with van der Waals surface area (Å²) in [6.07, 6.45) is 6.89. The molecule has 2 amide bonds. The van der Waals surface area contributed by atoms with Crippen molar-refractivity contribution >= 4 is 17.7 Å². The van der Waals surface area contributed by atoms with E-state index >= 15 is 0 Å². The lowest BCUT2D eigenvalue weighted by Crippen LogP contribution is -2.42. The van der Waals surface area contributed by atoms with E-state index in [4.69, 9.17) is 4.74 Å². The van der Waals surface area contributed by atoms with E-state index in [1.54, 1.807) is 11.1 Å². The summed E-state index contributed by atoms with van der Waals surface area (Å²) >= 11 is 0. The average Bonchev–Trinajstić information content (AvgIpc) is 3.46. The molecule has 0 radical (unpaired) electrons. The molecule has 1 saturated heterocycles. The lowest BCUT2D eigenvalue weighted by atomic mass is 10.0. The highest BCUT2D eigenvalue weighted by Gasteiger charge is 2.28. The zero-order valence-electron chi connectivity index (χ0n) is 19.4. The van der Waals surface area contributed by atoms with Gasteiger partial charge in [-0.25, -0.2) is 4.79 Å². The standard InChI is InChI=1S/C25H31N5O3/c1-25(2,3)33-24(32)28-16-11-21(12-17-28)30-15-4-6-22(30)23(31)27-20-9-7-19(8-10-20)18-29-14-5-13-26-29/h4-10,13-15,21H,11-12,16-18H2,1-3H3,(H,27,31). The minimum Gasteiger partial charge on any atom is -0.444 e. The van der Waals surface area contributed by atoms with Crippen molar-refractivity contribution in [3.63, 3.8) is 0 Å². The average molecular weight is 450 g/mol. The third kappa shape index (κ3) is 5.83. The van der Waals surface area contributed by atoms with E-state index in [1.807, 2.05) is 84.9 Å². The molecule has 33 heavy (non-hydrogen) atoms. The highest BCUT2D eigenvalue weighted by Crippen LogP contribution is 2.26. The van der Waals surface area contributed by atoms with E-state index in [1.165, 1.54) is 0 Å². The minimum atomic E-state index is -0.503. The number of carbonyl (C=O) groups is 2. The highest BCUT2D eigenvalue weighted by atomic mass is 16.6. The van der Waals surface area contributed by atoms with Crippen LogP contribution in [0.1, 0.15) is 55.7 Å². The second-order valence-corrected chi connectivity index (χ2v) is 9.35. The molecule has 0 aliphatic carbocycles. The van der Waals surface area contributed by atoms with Crippen molar-refractivity contribution in [2.24, 2.45) is 0 Å². The Hall–Kier alpha value is -3.55. The monoisotopic (exact) mass is 449 g/mol. The molecule has 0 spiro atoms. The molecule has 174 valence electrons. The van der Waals surface area contributed by atoms with E-state index in [0.29, 0.717) is 25.3 Å². The number of nitrogens with one attached hydrogen (secondary N) is 1. The molecule has 2 aromatic heterocycles. The zero-order chi connectivity index (χ0) is 23.4. The van der Waals surface area contributed by atoms with E-state index < -0.39 is 5.60 Å². The number of aromatic nitrogens is 3. The van der Waals surface area contributed by atoms with Gasteiger partial charge in [0, 0.05) is 43.4 Å². The summed E-state index contributed by atoms with van der Waals surface area (Å²) in [5.74, 6) is -0.144. The summed E-state index contributed by atoms with van der Waals surface area (Å²) in [4.78, 5) is 27.1. The molecular formula is C25H31N5O3. The number of benzene rings is 1. The first-order valence-corrected chi connectivity index (χ1v) is 11.3. The third-order valence-electron chi connectivity index (χ3n) is 5.64. The molecule has 8 nitrogen and oxygen atoms in total. The maximum Gasteiger partial charge on any atom is 0.410 e. The predicted molar refractivity (Wildman–Crippen MR) is 126 cm³/mol. The van der Waals surface area contributed by atoms with Crippen LogP contribution in [0.15, 0.2) is 61.1 Å². The Balaban J connectivity index is 1.34. The molecule has 1 aliphatic rings. The van der Waals surface area contributed by atoms with Gasteiger partial charge in [0.2, 0.25) is 0 Å². The summed E-state index contributed by atoms with van der Waals surface area (Å²) in [5, 5.41) is 7.21. The number of rotatable bonds is 5. The highest BCUT2D eigenvalue weighted by molar-refractivity contribution is 6.03. The fraction of sp³-hybridized carbons (Fsp3) is 0.400. The first-order chi connectivity index (χ1) is 15.8. The van der Waals surface area contributed by atoms with Crippen LogP contribution in [0, 0.1) is 0 Å². The van der Waals surface area contributed by atoms with Crippen LogP contribution in [-0.4, -0.2) is 49.9 Å². The van der Waals surface area contributed by atoms with Crippen molar-refractivity contribution in [3.8, 4) is 0 Å². The molecule has 0 saturated carbocycles. The molecule has 1 N–H and O–H groups in total. The summed E-state index contributed by atoms with van der Waals surface area (Å²) in [6, 6.07) is 13.6. The Morgan fingerprint density at radius 2 is 1.79 bits per heavy atom. The fourth-order valence-electron chi connectivity index (χ4n) is 4.03. The van der Waals surface area contributed by atoms with Crippen LogP contribution in [-0.2, 0) is 11.3 Å². The van der Waals surface area contributed by atoms with E-state index in [-0.39, 0.29) is 18.0 Å². The number of hydrogen-bond acceptors (Lipinski definition) is 4. The van der Waals surface area contributed by atoms with Crippen molar-refractivity contribution in [1.82, 2.24) is 19.2 Å². The van der Waals surface area contributed by atoms with E-state index in [2.05, 4.69) is 10.4 Å². The number of carbonyl (C=O) groups excluding carboxylic acids is 2. The van der Waals surface area contributed by atoms with Crippen LogP contribution in [0.5, 0.6) is 0 Å². The van der Waals surface area contributed by atoms with Gasteiger partial charge in [-0.15, -0.1) is 0 Å². The van der Waals surface area contributed by atoms with Crippen molar-refractivity contribution in [2.75, 3.05) is 18.4 Å². The Labute approximate surface area is 194 Å². The molecular weight excluding hydrogens is 418 g/mol. The SMILES string of the molecule is CC(C)(C)OC(=O)N1CCC(n2cccc2C(=O)Nc2ccc(Cn3cccn3)cc2)CC1.